The fraction of sp³-hybridized carbons (Fsp3) is 0.529. The van der Waals surface area contributed by atoms with Crippen LogP contribution in [0.4, 0.5) is 5.69 Å². The fourth-order valence-corrected chi connectivity index (χ4v) is 2.88. The molecule has 0 unspecified atom stereocenters. The molecule has 2 rings (SSSR count). The second-order valence-electron chi connectivity index (χ2n) is 6.09. The maximum Gasteiger partial charge on any atom is 0.222 e. The Morgan fingerprint density at radius 1 is 1.18 bits per heavy atom. The van der Waals surface area contributed by atoms with Crippen LogP contribution in [0.15, 0.2) is 24.3 Å². The molecule has 5 nitrogen and oxygen atoms in total. The van der Waals surface area contributed by atoms with Crippen molar-refractivity contribution in [1.82, 2.24) is 5.32 Å². The second-order valence-corrected chi connectivity index (χ2v) is 6.09. The van der Waals surface area contributed by atoms with Crippen molar-refractivity contribution in [3.8, 4) is 0 Å². The molecule has 0 saturated heterocycles. The van der Waals surface area contributed by atoms with E-state index in [1.807, 2.05) is 24.3 Å². The number of aliphatic hydroxyl groups is 1. The van der Waals surface area contributed by atoms with Crippen LogP contribution in [-0.2, 0) is 16.0 Å². The van der Waals surface area contributed by atoms with Crippen molar-refractivity contribution in [2.45, 2.75) is 51.0 Å². The van der Waals surface area contributed by atoms with Gasteiger partial charge in [0.05, 0.1) is 12.0 Å². The number of anilines is 1. The molecule has 1 aromatic carbocycles. The third-order valence-electron chi connectivity index (χ3n) is 4.03. The Hall–Kier alpha value is -1.88. The summed E-state index contributed by atoms with van der Waals surface area (Å²) in [6.45, 7) is 2.02. The normalized spacial score (nSPS) is 16.3. The second kappa shape index (κ2) is 7.40. The highest BCUT2D eigenvalue weighted by Gasteiger charge is 2.33. The number of carbonyl (C=O) groups is 2. The van der Waals surface area contributed by atoms with Crippen LogP contribution < -0.4 is 10.6 Å². The summed E-state index contributed by atoms with van der Waals surface area (Å²) in [6, 6.07) is 7.56. The van der Waals surface area contributed by atoms with Crippen molar-refractivity contribution in [3.63, 3.8) is 0 Å². The highest BCUT2D eigenvalue weighted by atomic mass is 16.3. The molecule has 1 aliphatic carbocycles. The molecule has 1 fully saturated rings. The number of amides is 2. The number of hydrogen-bond donors (Lipinski definition) is 3. The number of nitrogens with one attached hydrogen (secondary N) is 2. The monoisotopic (exact) mass is 304 g/mol. The molecule has 0 aromatic heterocycles. The number of rotatable bonds is 6. The van der Waals surface area contributed by atoms with Gasteiger partial charge in [0.25, 0.3) is 0 Å². The third kappa shape index (κ3) is 5.15. The van der Waals surface area contributed by atoms with Gasteiger partial charge in [-0.3, -0.25) is 9.59 Å². The van der Waals surface area contributed by atoms with E-state index in [4.69, 9.17) is 0 Å². The molecule has 0 bridgehead atoms. The van der Waals surface area contributed by atoms with E-state index in [1.165, 1.54) is 6.92 Å². The van der Waals surface area contributed by atoms with Crippen molar-refractivity contribution < 1.29 is 14.7 Å². The van der Waals surface area contributed by atoms with E-state index in [1.54, 1.807) is 0 Å². The van der Waals surface area contributed by atoms with E-state index >= 15 is 0 Å². The Kier molecular flexibility index (Phi) is 5.55. The molecule has 1 aromatic rings. The summed E-state index contributed by atoms with van der Waals surface area (Å²) in [5, 5.41) is 15.8. The minimum absolute atomic E-state index is 0.0840. The van der Waals surface area contributed by atoms with Gasteiger partial charge in [-0.05, 0) is 37.0 Å². The van der Waals surface area contributed by atoms with Gasteiger partial charge < -0.3 is 15.7 Å². The zero-order valence-electron chi connectivity index (χ0n) is 13.0. The standard InChI is InChI=1S/C17H24N2O3/c1-13(20)19-15-6-4-14(5-7-15)8-11-18-16(21)12-17(22)9-2-3-10-17/h4-7,22H,2-3,8-12H2,1H3,(H,18,21)(H,19,20). The summed E-state index contributed by atoms with van der Waals surface area (Å²) < 4.78 is 0. The molecule has 5 heteroatoms. The van der Waals surface area contributed by atoms with Crippen LogP contribution in [0.5, 0.6) is 0 Å². The molecule has 0 atom stereocenters. The Morgan fingerprint density at radius 2 is 1.82 bits per heavy atom. The Balaban J connectivity index is 1.71. The summed E-state index contributed by atoms with van der Waals surface area (Å²) in [7, 11) is 0. The van der Waals surface area contributed by atoms with Crippen LogP contribution in [0.1, 0.15) is 44.6 Å². The van der Waals surface area contributed by atoms with Crippen LogP contribution in [0.25, 0.3) is 0 Å². The summed E-state index contributed by atoms with van der Waals surface area (Å²) in [6.07, 6.45) is 4.39. The summed E-state index contributed by atoms with van der Waals surface area (Å²) >= 11 is 0. The lowest BCUT2D eigenvalue weighted by Gasteiger charge is -2.21. The van der Waals surface area contributed by atoms with Gasteiger partial charge in [0, 0.05) is 19.2 Å². The SMILES string of the molecule is CC(=O)Nc1ccc(CCNC(=O)CC2(O)CCCC2)cc1. The Labute approximate surface area is 131 Å². The van der Waals surface area contributed by atoms with Gasteiger partial charge in [-0.1, -0.05) is 25.0 Å². The summed E-state index contributed by atoms with van der Waals surface area (Å²) in [5.74, 6) is -0.177. The number of hydrogen-bond acceptors (Lipinski definition) is 3. The van der Waals surface area contributed by atoms with Crippen molar-refractivity contribution in [1.29, 1.82) is 0 Å². The Morgan fingerprint density at radius 3 is 2.41 bits per heavy atom. The van der Waals surface area contributed by atoms with E-state index in [9.17, 15) is 14.7 Å². The molecule has 1 saturated carbocycles. The van der Waals surface area contributed by atoms with Gasteiger partial charge in [0.2, 0.25) is 11.8 Å². The van der Waals surface area contributed by atoms with Crippen LogP contribution >= 0.6 is 0 Å². The molecule has 2 amide bonds. The molecule has 0 spiro atoms. The van der Waals surface area contributed by atoms with Crippen LogP contribution in [0.3, 0.4) is 0 Å². The minimum atomic E-state index is -0.788. The lowest BCUT2D eigenvalue weighted by molar-refractivity contribution is -0.125. The molecule has 0 radical (unpaired) electrons. The van der Waals surface area contributed by atoms with E-state index in [0.717, 1.165) is 43.4 Å². The van der Waals surface area contributed by atoms with E-state index < -0.39 is 5.60 Å². The first kappa shape index (κ1) is 16.5. The fourth-order valence-electron chi connectivity index (χ4n) is 2.88. The predicted molar refractivity (Wildman–Crippen MR) is 85.5 cm³/mol. The quantitative estimate of drug-likeness (QED) is 0.752. The van der Waals surface area contributed by atoms with Crippen LogP contribution in [0, 0.1) is 0 Å². The topological polar surface area (TPSA) is 78.4 Å². The number of benzene rings is 1. The zero-order valence-corrected chi connectivity index (χ0v) is 13.0. The smallest absolute Gasteiger partial charge is 0.222 e. The molecule has 0 aliphatic heterocycles. The molecule has 120 valence electrons. The number of carbonyl (C=O) groups excluding carboxylic acids is 2. The van der Waals surface area contributed by atoms with Crippen LogP contribution in [0.2, 0.25) is 0 Å². The molecule has 22 heavy (non-hydrogen) atoms. The van der Waals surface area contributed by atoms with Gasteiger partial charge in [-0.2, -0.15) is 0 Å². The highest BCUT2D eigenvalue weighted by molar-refractivity contribution is 5.88. The molecular weight excluding hydrogens is 280 g/mol. The molecule has 0 heterocycles. The van der Waals surface area contributed by atoms with Crippen LogP contribution in [-0.4, -0.2) is 29.1 Å². The lowest BCUT2D eigenvalue weighted by atomic mass is 9.97. The predicted octanol–water partition coefficient (Wildman–Crippen LogP) is 2.00. The van der Waals surface area contributed by atoms with E-state index in [-0.39, 0.29) is 18.2 Å². The highest BCUT2D eigenvalue weighted by Crippen LogP contribution is 2.32. The average Bonchev–Trinajstić information content (AvgIpc) is 2.86. The van der Waals surface area contributed by atoms with Crippen molar-refractivity contribution >= 4 is 17.5 Å². The lowest BCUT2D eigenvalue weighted by Crippen LogP contribution is -2.35. The van der Waals surface area contributed by atoms with Gasteiger partial charge >= 0.3 is 0 Å². The molecule has 1 aliphatic rings. The van der Waals surface area contributed by atoms with Crippen molar-refractivity contribution in [2.75, 3.05) is 11.9 Å². The first-order chi connectivity index (χ1) is 10.5. The molecular formula is C17H24N2O3. The van der Waals surface area contributed by atoms with Gasteiger partial charge in [-0.15, -0.1) is 0 Å². The van der Waals surface area contributed by atoms with Crippen molar-refractivity contribution in [3.05, 3.63) is 29.8 Å². The van der Waals surface area contributed by atoms with Gasteiger partial charge in [0.1, 0.15) is 0 Å². The van der Waals surface area contributed by atoms with E-state index in [2.05, 4.69) is 10.6 Å². The minimum Gasteiger partial charge on any atom is -0.389 e. The Bertz CT molecular complexity index is 519. The largest absolute Gasteiger partial charge is 0.389 e. The van der Waals surface area contributed by atoms with Crippen molar-refractivity contribution in [2.24, 2.45) is 0 Å². The maximum absolute atomic E-state index is 11.9. The summed E-state index contributed by atoms with van der Waals surface area (Å²) in [5.41, 5.74) is 1.07. The van der Waals surface area contributed by atoms with Gasteiger partial charge in [0.15, 0.2) is 0 Å². The zero-order chi connectivity index (χ0) is 16.0. The first-order valence-electron chi connectivity index (χ1n) is 7.82. The first-order valence-corrected chi connectivity index (χ1v) is 7.82. The summed E-state index contributed by atoms with van der Waals surface area (Å²) in [4.78, 5) is 22.8. The van der Waals surface area contributed by atoms with Gasteiger partial charge in [-0.25, -0.2) is 0 Å². The molecule has 3 N–H and O–H groups in total. The third-order valence-corrected chi connectivity index (χ3v) is 4.03. The average molecular weight is 304 g/mol. The maximum atomic E-state index is 11.9. The van der Waals surface area contributed by atoms with E-state index in [0.29, 0.717) is 6.54 Å².